The molecule has 1 aliphatic heterocycles. The van der Waals surface area contributed by atoms with Crippen LogP contribution in [0.15, 0.2) is 34.9 Å². The second kappa shape index (κ2) is 7.70. The lowest BCUT2D eigenvalue weighted by Crippen LogP contribution is -2.39. The van der Waals surface area contributed by atoms with Gasteiger partial charge in [-0.25, -0.2) is 0 Å². The maximum atomic E-state index is 5.44. The number of aromatic nitrogens is 2. The van der Waals surface area contributed by atoms with Gasteiger partial charge in [-0.3, -0.25) is 4.90 Å². The van der Waals surface area contributed by atoms with Gasteiger partial charge in [0, 0.05) is 25.6 Å². The Morgan fingerprint density at radius 3 is 2.87 bits per heavy atom. The molecule has 0 bridgehead atoms. The molecule has 0 radical (unpaired) electrons. The predicted octanol–water partition coefficient (Wildman–Crippen LogP) is 3.37. The highest BCUT2D eigenvalue weighted by Crippen LogP contribution is 2.35. The van der Waals surface area contributed by atoms with Gasteiger partial charge in [0.1, 0.15) is 0 Å². The molecule has 23 heavy (non-hydrogen) atoms. The van der Waals surface area contributed by atoms with Gasteiger partial charge in [-0.1, -0.05) is 41.9 Å². The number of piperidine rings is 1. The quantitative estimate of drug-likeness (QED) is 0.818. The van der Waals surface area contributed by atoms with E-state index in [9.17, 15) is 0 Å². The van der Waals surface area contributed by atoms with Crippen LogP contribution in [0.1, 0.15) is 49.5 Å². The summed E-state index contributed by atoms with van der Waals surface area (Å²) in [5.74, 6) is 1.42. The minimum absolute atomic E-state index is 0.425. The van der Waals surface area contributed by atoms with Crippen molar-refractivity contribution in [1.82, 2.24) is 15.0 Å². The van der Waals surface area contributed by atoms with Crippen molar-refractivity contribution in [2.24, 2.45) is 0 Å². The van der Waals surface area contributed by atoms with Crippen LogP contribution in [0.5, 0.6) is 0 Å². The van der Waals surface area contributed by atoms with Crippen LogP contribution < -0.4 is 0 Å². The Morgan fingerprint density at radius 1 is 1.26 bits per heavy atom. The number of hydrogen-bond acceptors (Lipinski definition) is 5. The zero-order chi connectivity index (χ0) is 16.1. The summed E-state index contributed by atoms with van der Waals surface area (Å²) in [5, 5.41) is 4.05. The van der Waals surface area contributed by atoms with Crippen molar-refractivity contribution in [3.8, 4) is 0 Å². The first kappa shape index (κ1) is 16.1. The zero-order valence-corrected chi connectivity index (χ0v) is 13.9. The summed E-state index contributed by atoms with van der Waals surface area (Å²) >= 11 is 0. The van der Waals surface area contributed by atoms with Crippen molar-refractivity contribution in [3.05, 3.63) is 47.6 Å². The van der Waals surface area contributed by atoms with Gasteiger partial charge in [0.2, 0.25) is 5.89 Å². The van der Waals surface area contributed by atoms with Crippen LogP contribution in [0.25, 0.3) is 0 Å². The molecule has 0 unspecified atom stereocenters. The van der Waals surface area contributed by atoms with Crippen molar-refractivity contribution >= 4 is 0 Å². The van der Waals surface area contributed by atoms with E-state index in [4.69, 9.17) is 9.26 Å². The number of hydrogen-bond donors (Lipinski definition) is 0. The highest BCUT2D eigenvalue weighted by atomic mass is 16.5. The van der Waals surface area contributed by atoms with E-state index in [-0.39, 0.29) is 0 Å². The Balaban J connectivity index is 1.73. The third-order valence-corrected chi connectivity index (χ3v) is 4.61. The molecule has 1 saturated heterocycles. The molecule has 124 valence electrons. The minimum Gasteiger partial charge on any atom is -0.384 e. The van der Waals surface area contributed by atoms with Crippen LogP contribution in [0.2, 0.25) is 0 Å². The summed E-state index contributed by atoms with van der Waals surface area (Å²) in [6.07, 6.45) is 4.35. The minimum atomic E-state index is 0.425. The largest absolute Gasteiger partial charge is 0.384 e. The number of likely N-dealkylation sites (tertiary alicyclic amines) is 1. The van der Waals surface area contributed by atoms with Crippen molar-refractivity contribution in [2.75, 3.05) is 13.7 Å². The third-order valence-electron chi connectivity index (χ3n) is 4.61. The molecule has 1 fully saturated rings. The fraction of sp³-hybridized carbons (Fsp3) is 0.556. The van der Waals surface area contributed by atoms with Gasteiger partial charge >= 0.3 is 0 Å². The summed E-state index contributed by atoms with van der Waals surface area (Å²) in [6, 6.07) is 11.7. The Hall–Kier alpha value is -1.72. The molecule has 2 atom stereocenters. The monoisotopic (exact) mass is 315 g/mol. The SMILES string of the molecule is COCCc1noc(CN2[C@H](C)CCC[C@H]2c2ccccc2)n1. The molecule has 0 saturated carbocycles. The lowest BCUT2D eigenvalue weighted by atomic mass is 9.91. The maximum Gasteiger partial charge on any atom is 0.240 e. The fourth-order valence-corrected chi connectivity index (χ4v) is 3.35. The molecule has 2 heterocycles. The predicted molar refractivity (Wildman–Crippen MR) is 87.9 cm³/mol. The first-order valence-electron chi connectivity index (χ1n) is 8.39. The average Bonchev–Trinajstić information content (AvgIpc) is 3.03. The Labute approximate surface area is 137 Å². The summed E-state index contributed by atoms with van der Waals surface area (Å²) in [6.45, 7) is 3.61. The molecule has 1 aromatic heterocycles. The fourth-order valence-electron chi connectivity index (χ4n) is 3.35. The zero-order valence-electron chi connectivity index (χ0n) is 13.9. The Kier molecular flexibility index (Phi) is 5.41. The molecular weight excluding hydrogens is 290 g/mol. The summed E-state index contributed by atoms with van der Waals surface area (Å²) in [7, 11) is 1.68. The number of methoxy groups -OCH3 is 1. The third kappa shape index (κ3) is 3.98. The summed E-state index contributed by atoms with van der Waals surface area (Å²) in [4.78, 5) is 7.00. The van der Waals surface area contributed by atoms with Gasteiger partial charge in [0.25, 0.3) is 0 Å². The lowest BCUT2D eigenvalue weighted by Gasteiger charge is -2.40. The van der Waals surface area contributed by atoms with E-state index in [2.05, 4.69) is 52.3 Å². The molecule has 1 aromatic carbocycles. The van der Waals surface area contributed by atoms with Crippen molar-refractivity contribution < 1.29 is 9.26 Å². The van der Waals surface area contributed by atoms with Gasteiger partial charge in [-0.05, 0) is 25.3 Å². The number of benzene rings is 1. The van der Waals surface area contributed by atoms with Crippen LogP contribution in [0.4, 0.5) is 0 Å². The molecule has 5 heteroatoms. The topological polar surface area (TPSA) is 51.4 Å². The molecule has 1 aliphatic rings. The molecular formula is C18H25N3O2. The molecule has 2 aromatic rings. The van der Waals surface area contributed by atoms with Crippen LogP contribution in [0, 0.1) is 0 Å². The van der Waals surface area contributed by atoms with E-state index in [1.54, 1.807) is 7.11 Å². The van der Waals surface area contributed by atoms with E-state index < -0.39 is 0 Å². The molecule has 0 amide bonds. The van der Waals surface area contributed by atoms with Gasteiger partial charge in [0.05, 0.1) is 13.2 Å². The van der Waals surface area contributed by atoms with E-state index in [1.165, 1.54) is 24.8 Å². The van der Waals surface area contributed by atoms with E-state index >= 15 is 0 Å². The van der Waals surface area contributed by atoms with Gasteiger partial charge in [-0.15, -0.1) is 0 Å². The molecule has 3 rings (SSSR count). The molecule has 5 nitrogen and oxygen atoms in total. The summed E-state index contributed by atoms with van der Waals surface area (Å²) < 4.78 is 10.5. The first-order valence-corrected chi connectivity index (χ1v) is 8.39. The Morgan fingerprint density at radius 2 is 2.09 bits per heavy atom. The first-order chi connectivity index (χ1) is 11.3. The Bertz CT molecular complexity index is 599. The van der Waals surface area contributed by atoms with Crippen LogP contribution >= 0.6 is 0 Å². The average molecular weight is 315 g/mol. The highest BCUT2D eigenvalue weighted by molar-refractivity contribution is 5.20. The second-order valence-electron chi connectivity index (χ2n) is 6.23. The lowest BCUT2D eigenvalue weighted by molar-refractivity contribution is 0.0722. The van der Waals surface area contributed by atoms with Gasteiger partial charge in [0.15, 0.2) is 5.82 Å². The molecule has 0 N–H and O–H groups in total. The maximum absolute atomic E-state index is 5.44. The van der Waals surface area contributed by atoms with E-state index in [0.29, 0.717) is 37.5 Å². The highest BCUT2D eigenvalue weighted by Gasteiger charge is 2.30. The standard InChI is InChI=1S/C18H25N3O2/c1-14-7-6-10-16(15-8-4-3-5-9-15)21(14)13-18-19-17(20-23-18)11-12-22-2/h3-5,8-9,14,16H,6-7,10-13H2,1-2H3/t14-,16+/m1/s1. The molecule has 0 aliphatic carbocycles. The van der Waals surface area contributed by atoms with Crippen LogP contribution in [-0.4, -0.2) is 34.8 Å². The number of nitrogens with zero attached hydrogens (tertiary/aromatic N) is 3. The van der Waals surface area contributed by atoms with Crippen molar-refractivity contribution in [1.29, 1.82) is 0 Å². The molecule has 0 spiro atoms. The van der Waals surface area contributed by atoms with Crippen molar-refractivity contribution in [2.45, 2.75) is 51.2 Å². The van der Waals surface area contributed by atoms with Crippen LogP contribution in [0.3, 0.4) is 0 Å². The van der Waals surface area contributed by atoms with Crippen molar-refractivity contribution in [3.63, 3.8) is 0 Å². The number of ether oxygens (including phenoxy) is 1. The second-order valence-corrected chi connectivity index (χ2v) is 6.23. The smallest absolute Gasteiger partial charge is 0.240 e. The number of rotatable bonds is 6. The van der Waals surface area contributed by atoms with Crippen LogP contribution in [-0.2, 0) is 17.7 Å². The van der Waals surface area contributed by atoms with Gasteiger partial charge < -0.3 is 9.26 Å². The normalized spacial score (nSPS) is 22.3. The van der Waals surface area contributed by atoms with E-state index in [1.807, 2.05) is 0 Å². The summed E-state index contributed by atoms with van der Waals surface area (Å²) in [5.41, 5.74) is 1.37. The van der Waals surface area contributed by atoms with Gasteiger partial charge in [-0.2, -0.15) is 4.98 Å². The van der Waals surface area contributed by atoms with E-state index in [0.717, 1.165) is 5.82 Å².